The molecular formula is C16H20N2O5. The number of phenolic OH excluding ortho intramolecular Hbond substituents is 1. The molecule has 1 unspecified atom stereocenters. The van der Waals surface area contributed by atoms with Crippen molar-refractivity contribution in [1.82, 2.24) is 5.32 Å². The van der Waals surface area contributed by atoms with Gasteiger partial charge in [0.2, 0.25) is 11.8 Å². The maximum absolute atomic E-state index is 11.8. The summed E-state index contributed by atoms with van der Waals surface area (Å²) < 4.78 is 5.12. The van der Waals surface area contributed by atoms with E-state index in [1.807, 2.05) is 0 Å². The van der Waals surface area contributed by atoms with Gasteiger partial charge in [0, 0.05) is 23.7 Å². The summed E-state index contributed by atoms with van der Waals surface area (Å²) in [6, 6.07) is 4.48. The van der Waals surface area contributed by atoms with Crippen LogP contribution in [0.15, 0.2) is 18.2 Å². The molecule has 7 nitrogen and oxygen atoms in total. The van der Waals surface area contributed by atoms with Crippen LogP contribution in [0.3, 0.4) is 0 Å². The minimum Gasteiger partial charge on any atom is -0.508 e. The van der Waals surface area contributed by atoms with Crippen molar-refractivity contribution >= 4 is 23.6 Å². The lowest BCUT2D eigenvalue weighted by Crippen LogP contribution is -2.39. The van der Waals surface area contributed by atoms with E-state index in [9.17, 15) is 19.5 Å². The molecule has 7 heteroatoms. The molecule has 1 fully saturated rings. The fraction of sp³-hybridized carbons (Fsp3) is 0.438. The summed E-state index contributed by atoms with van der Waals surface area (Å²) in [5.74, 6) is -1.44. The molecule has 0 aliphatic carbocycles. The minimum absolute atomic E-state index is 0.118. The molecule has 1 atom stereocenters. The molecule has 23 heavy (non-hydrogen) atoms. The number of hydrogen-bond acceptors (Lipinski definition) is 5. The predicted molar refractivity (Wildman–Crippen MR) is 83.1 cm³/mol. The van der Waals surface area contributed by atoms with Crippen molar-refractivity contribution in [2.24, 2.45) is 0 Å². The SMILES string of the molecule is CC(C)(C)OC(=O)Nc1ccc(C2CCC(=O)NC2=O)c(O)c1. The molecule has 3 amide bonds. The number of amides is 3. The van der Waals surface area contributed by atoms with Crippen LogP contribution in [0.25, 0.3) is 0 Å². The van der Waals surface area contributed by atoms with Crippen molar-refractivity contribution in [3.05, 3.63) is 23.8 Å². The van der Waals surface area contributed by atoms with Gasteiger partial charge in [-0.2, -0.15) is 0 Å². The van der Waals surface area contributed by atoms with E-state index in [-0.39, 0.29) is 18.1 Å². The van der Waals surface area contributed by atoms with Crippen LogP contribution in [0.4, 0.5) is 10.5 Å². The maximum Gasteiger partial charge on any atom is 0.412 e. The van der Waals surface area contributed by atoms with Gasteiger partial charge in [0.15, 0.2) is 0 Å². The molecule has 1 aromatic rings. The second-order valence-corrected chi connectivity index (χ2v) is 6.40. The summed E-state index contributed by atoms with van der Waals surface area (Å²) >= 11 is 0. The lowest BCUT2D eigenvalue weighted by molar-refractivity contribution is -0.134. The summed E-state index contributed by atoms with van der Waals surface area (Å²) in [5.41, 5.74) is 0.149. The topological polar surface area (TPSA) is 105 Å². The van der Waals surface area contributed by atoms with Gasteiger partial charge in [-0.3, -0.25) is 20.2 Å². The van der Waals surface area contributed by atoms with Crippen molar-refractivity contribution in [2.75, 3.05) is 5.32 Å². The first-order chi connectivity index (χ1) is 10.7. The average Bonchev–Trinajstić information content (AvgIpc) is 2.37. The highest BCUT2D eigenvalue weighted by atomic mass is 16.6. The highest BCUT2D eigenvalue weighted by Gasteiger charge is 2.29. The molecule has 3 N–H and O–H groups in total. The van der Waals surface area contributed by atoms with Crippen LogP contribution in [-0.2, 0) is 14.3 Å². The van der Waals surface area contributed by atoms with Crippen molar-refractivity contribution in [3.8, 4) is 5.75 Å². The number of hydrogen-bond donors (Lipinski definition) is 3. The van der Waals surface area contributed by atoms with Crippen molar-refractivity contribution in [1.29, 1.82) is 0 Å². The zero-order valence-electron chi connectivity index (χ0n) is 13.3. The average molecular weight is 320 g/mol. The van der Waals surface area contributed by atoms with Crippen LogP contribution >= 0.6 is 0 Å². The van der Waals surface area contributed by atoms with Crippen LogP contribution in [-0.4, -0.2) is 28.6 Å². The number of rotatable bonds is 2. The Bertz CT molecular complexity index is 648. The van der Waals surface area contributed by atoms with E-state index in [0.29, 0.717) is 17.7 Å². The number of phenols is 1. The Morgan fingerprint density at radius 3 is 2.61 bits per heavy atom. The van der Waals surface area contributed by atoms with Gasteiger partial charge in [-0.25, -0.2) is 4.79 Å². The monoisotopic (exact) mass is 320 g/mol. The van der Waals surface area contributed by atoms with Gasteiger partial charge in [-0.15, -0.1) is 0 Å². The molecule has 1 saturated heterocycles. The quantitative estimate of drug-likeness (QED) is 0.725. The van der Waals surface area contributed by atoms with Gasteiger partial charge in [0.05, 0.1) is 5.92 Å². The Balaban J connectivity index is 2.10. The molecule has 0 radical (unpaired) electrons. The second-order valence-electron chi connectivity index (χ2n) is 6.40. The number of benzene rings is 1. The third-order valence-electron chi connectivity index (χ3n) is 3.29. The molecule has 0 aromatic heterocycles. The Morgan fingerprint density at radius 2 is 2.04 bits per heavy atom. The van der Waals surface area contributed by atoms with E-state index in [0.717, 1.165) is 0 Å². The molecule has 1 aliphatic rings. The minimum atomic E-state index is -0.634. The molecular weight excluding hydrogens is 300 g/mol. The van der Waals surface area contributed by atoms with Gasteiger partial charge < -0.3 is 9.84 Å². The zero-order valence-corrected chi connectivity index (χ0v) is 13.3. The Morgan fingerprint density at radius 1 is 1.35 bits per heavy atom. The third kappa shape index (κ3) is 4.45. The van der Waals surface area contributed by atoms with E-state index in [1.165, 1.54) is 6.07 Å². The van der Waals surface area contributed by atoms with Crippen LogP contribution < -0.4 is 10.6 Å². The van der Waals surface area contributed by atoms with E-state index in [1.54, 1.807) is 32.9 Å². The summed E-state index contributed by atoms with van der Waals surface area (Å²) in [7, 11) is 0. The number of carbonyl (C=O) groups is 3. The molecule has 124 valence electrons. The van der Waals surface area contributed by atoms with Crippen LogP contribution in [0.5, 0.6) is 5.75 Å². The van der Waals surface area contributed by atoms with E-state index < -0.39 is 23.5 Å². The number of imide groups is 1. The summed E-state index contributed by atoms with van der Waals surface area (Å²) in [4.78, 5) is 34.7. The second kappa shape index (κ2) is 6.28. The number of nitrogens with one attached hydrogen (secondary N) is 2. The van der Waals surface area contributed by atoms with E-state index in [4.69, 9.17) is 4.74 Å². The summed E-state index contributed by atoms with van der Waals surface area (Å²) in [6.45, 7) is 5.24. The first-order valence-electron chi connectivity index (χ1n) is 7.32. The number of carbonyl (C=O) groups excluding carboxylic acids is 3. The number of piperidine rings is 1. The van der Waals surface area contributed by atoms with E-state index >= 15 is 0 Å². The maximum atomic E-state index is 11.8. The lowest BCUT2D eigenvalue weighted by Gasteiger charge is -2.22. The van der Waals surface area contributed by atoms with E-state index in [2.05, 4.69) is 10.6 Å². The smallest absolute Gasteiger partial charge is 0.412 e. The zero-order chi connectivity index (χ0) is 17.2. The number of anilines is 1. The van der Waals surface area contributed by atoms with Crippen LogP contribution in [0.1, 0.15) is 45.1 Å². The van der Waals surface area contributed by atoms with Gasteiger partial charge in [0.1, 0.15) is 11.4 Å². The normalized spacial score (nSPS) is 18.3. The molecule has 0 saturated carbocycles. The van der Waals surface area contributed by atoms with Gasteiger partial charge in [-0.1, -0.05) is 6.07 Å². The molecule has 0 bridgehead atoms. The van der Waals surface area contributed by atoms with Gasteiger partial charge >= 0.3 is 6.09 Å². The van der Waals surface area contributed by atoms with Crippen molar-refractivity contribution in [2.45, 2.75) is 45.1 Å². The standard InChI is InChI=1S/C16H20N2O5/c1-16(2,3)23-15(22)17-9-4-5-10(12(19)8-9)11-6-7-13(20)18-14(11)21/h4-5,8,11,19H,6-7H2,1-3H3,(H,17,22)(H,18,20,21). The predicted octanol–water partition coefficient (Wildman–Crippen LogP) is 2.26. The van der Waals surface area contributed by atoms with Gasteiger partial charge in [0.25, 0.3) is 0 Å². The molecule has 1 aliphatic heterocycles. The molecule has 1 heterocycles. The largest absolute Gasteiger partial charge is 0.508 e. The van der Waals surface area contributed by atoms with Crippen molar-refractivity contribution in [3.63, 3.8) is 0 Å². The Kier molecular flexibility index (Phi) is 4.58. The fourth-order valence-corrected chi connectivity index (χ4v) is 2.33. The number of ether oxygens (including phenoxy) is 1. The first kappa shape index (κ1) is 16.8. The fourth-order valence-electron chi connectivity index (χ4n) is 2.33. The Labute approximate surface area is 134 Å². The Hall–Kier alpha value is -2.57. The van der Waals surface area contributed by atoms with Crippen molar-refractivity contribution < 1.29 is 24.2 Å². The van der Waals surface area contributed by atoms with Gasteiger partial charge in [-0.05, 0) is 33.3 Å². The highest BCUT2D eigenvalue weighted by molar-refractivity contribution is 6.01. The molecule has 2 rings (SSSR count). The van der Waals surface area contributed by atoms with Crippen LogP contribution in [0, 0.1) is 0 Å². The number of aromatic hydroxyl groups is 1. The van der Waals surface area contributed by atoms with Crippen LogP contribution in [0.2, 0.25) is 0 Å². The summed E-state index contributed by atoms with van der Waals surface area (Å²) in [6.07, 6.45) is -0.0594. The molecule has 1 aromatic carbocycles. The lowest BCUT2D eigenvalue weighted by atomic mass is 9.90. The third-order valence-corrected chi connectivity index (χ3v) is 3.29. The summed E-state index contributed by atoms with van der Waals surface area (Å²) in [5, 5.41) is 14.9. The first-order valence-corrected chi connectivity index (χ1v) is 7.32. The molecule has 0 spiro atoms. The highest BCUT2D eigenvalue weighted by Crippen LogP contribution is 2.33.